The van der Waals surface area contributed by atoms with Crippen molar-refractivity contribution in [1.29, 1.82) is 0 Å². The molecule has 1 heterocycles. The van der Waals surface area contributed by atoms with Crippen LogP contribution in [0.5, 0.6) is 0 Å². The summed E-state index contributed by atoms with van der Waals surface area (Å²) in [6.07, 6.45) is 1.62. The van der Waals surface area contributed by atoms with E-state index in [9.17, 15) is 4.79 Å². The molecule has 0 radical (unpaired) electrons. The Morgan fingerprint density at radius 2 is 2.33 bits per heavy atom. The van der Waals surface area contributed by atoms with Crippen LogP contribution in [-0.2, 0) is 10.2 Å². The van der Waals surface area contributed by atoms with Crippen molar-refractivity contribution in [2.24, 2.45) is 0 Å². The first-order valence-corrected chi connectivity index (χ1v) is 4.83. The average Bonchev–Trinajstić information content (AvgIpc) is 2.71. The number of carboxylic acid groups (broad SMARTS) is 1. The summed E-state index contributed by atoms with van der Waals surface area (Å²) in [4.78, 5) is 12.0. The van der Waals surface area contributed by atoms with E-state index in [-0.39, 0.29) is 0 Å². The molecule has 3 heteroatoms. The molecule has 12 heavy (non-hydrogen) atoms. The average molecular weight is 182 g/mol. The van der Waals surface area contributed by atoms with Crippen LogP contribution in [0.4, 0.5) is 0 Å². The van der Waals surface area contributed by atoms with E-state index in [1.165, 1.54) is 0 Å². The van der Waals surface area contributed by atoms with Crippen molar-refractivity contribution in [2.75, 3.05) is 0 Å². The summed E-state index contributed by atoms with van der Waals surface area (Å²) in [6, 6.07) is 1.99. The van der Waals surface area contributed by atoms with E-state index in [4.69, 9.17) is 5.11 Å². The SMILES string of the molecule is Cc1ccsc1C1(C(=O)O)CC1. The summed E-state index contributed by atoms with van der Waals surface area (Å²) < 4.78 is 0. The second-order valence-electron chi connectivity index (χ2n) is 3.32. The molecule has 0 spiro atoms. The highest BCUT2D eigenvalue weighted by molar-refractivity contribution is 7.10. The summed E-state index contributed by atoms with van der Waals surface area (Å²) in [5, 5.41) is 11.0. The summed E-state index contributed by atoms with van der Waals surface area (Å²) in [6.45, 7) is 1.98. The second-order valence-corrected chi connectivity index (χ2v) is 4.24. The lowest BCUT2D eigenvalue weighted by Gasteiger charge is -2.07. The van der Waals surface area contributed by atoms with E-state index in [1.807, 2.05) is 18.4 Å². The molecule has 0 unspecified atom stereocenters. The highest BCUT2D eigenvalue weighted by Crippen LogP contribution is 2.51. The summed E-state index contributed by atoms with van der Waals surface area (Å²) >= 11 is 1.57. The Hall–Kier alpha value is -0.830. The van der Waals surface area contributed by atoms with Crippen LogP contribution in [0, 0.1) is 6.92 Å². The molecular weight excluding hydrogens is 172 g/mol. The van der Waals surface area contributed by atoms with Crippen LogP contribution in [0.3, 0.4) is 0 Å². The number of thiophene rings is 1. The smallest absolute Gasteiger partial charge is 0.314 e. The predicted molar refractivity (Wildman–Crippen MR) is 47.6 cm³/mol. The minimum atomic E-state index is -0.659. The van der Waals surface area contributed by atoms with Crippen molar-refractivity contribution in [3.05, 3.63) is 21.9 Å². The molecular formula is C9H10O2S. The maximum Gasteiger partial charge on any atom is 0.314 e. The molecule has 0 saturated heterocycles. The Morgan fingerprint density at radius 3 is 2.67 bits per heavy atom. The third kappa shape index (κ3) is 0.894. The van der Waals surface area contributed by atoms with Crippen molar-refractivity contribution in [3.63, 3.8) is 0 Å². The monoisotopic (exact) mass is 182 g/mol. The summed E-state index contributed by atoms with van der Waals surface area (Å²) in [5.41, 5.74) is 0.623. The molecule has 0 atom stereocenters. The third-order valence-electron chi connectivity index (χ3n) is 2.46. The number of carboxylic acids is 1. The van der Waals surface area contributed by atoms with Gasteiger partial charge in [-0.3, -0.25) is 4.79 Å². The zero-order valence-corrected chi connectivity index (χ0v) is 7.65. The summed E-state index contributed by atoms with van der Waals surface area (Å²) in [7, 11) is 0. The molecule has 64 valence electrons. The van der Waals surface area contributed by atoms with Crippen LogP contribution in [0.2, 0.25) is 0 Å². The molecule has 2 nitrogen and oxygen atoms in total. The minimum absolute atomic E-state index is 0.502. The number of hydrogen-bond acceptors (Lipinski definition) is 2. The van der Waals surface area contributed by atoms with Crippen molar-refractivity contribution in [2.45, 2.75) is 25.2 Å². The van der Waals surface area contributed by atoms with Gasteiger partial charge in [0.2, 0.25) is 0 Å². The number of hydrogen-bond donors (Lipinski definition) is 1. The maximum absolute atomic E-state index is 10.9. The van der Waals surface area contributed by atoms with E-state index >= 15 is 0 Å². The lowest BCUT2D eigenvalue weighted by molar-refractivity contribution is -0.139. The second kappa shape index (κ2) is 2.33. The quantitative estimate of drug-likeness (QED) is 0.761. The molecule has 2 rings (SSSR count). The van der Waals surface area contributed by atoms with Gasteiger partial charge in [0.05, 0.1) is 0 Å². The Kier molecular flexibility index (Phi) is 1.51. The normalized spacial score (nSPS) is 19.1. The van der Waals surface area contributed by atoms with Crippen molar-refractivity contribution in [3.8, 4) is 0 Å². The van der Waals surface area contributed by atoms with Crippen LogP contribution in [0.15, 0.2) is 11.4 Å². The van der Waals surface area contributed by atoms with Gasteiger partial charge in [0.15, 0.2) is 0 Å². The largest absolute Gasteiger partial charge is 0.481 e. The number of aryl methyl sites for hydroxylation is 1. The molecule has 1 aliphatic rings. The summed E-state index contributed by atoms with van der Waals surface area (Å²) in [5.74, 6) is -0.659. The minimum Gasteiger partial charge on any atom is -0.481 e. The van der Waals surface area contributed by atoms with E-state index in [2.05, 4.69) is 0 Å². The van der Waals surface area contributed by atoms with Gasteiger partial charge in [-0.25, -0.2) is 0 Å². The molecule has 0 amide bonds. The van der Waals surface area contributed by atoms with Gasteiger partial charge >= 0.3 is 5.97 Å². The van der Waals surface area contributed by atoms with Crippen molar-refractivity contribution < 1.29 is 9.90 Å². The van der Waals surface area contributed by atoms with Crippen LogP contribution in [0.1, 0.15) is 23.3 Å². The Bertz CT molecular complexity index is 323. The molecule has 1 aromatic heterocycles. The fourth-order valence-electron chi connectivity index (χ4n) is 1.53. The van der Waals surface area contributed by atoms with Gasteiger partial charge in [-0.05, 0) is 36.8 Å². The van der Waals surface area contributed by atoms with Gasteiger partial charge < -0.3 is 5.11 Å². The van der Waals surface area contributed by atoms with E-state index < -0.39 is 11.4 Å². The maximum atomic E-state index is 10.9. The Labute approximate surface area is 74.8 Å². The number of carbonyl (C=O) groups is 1. The fraction of sp³-hybridized carbons (Fsp3) is 0.444. The molecule has 0 bridgehead atoms. The van der Waals surface area contributed by atoms with Gasteiger partial charge in [-0.15, -0.1) is 11.3 Å². The highest BCUT2D eigenvalue weighted by Gasteiger charge is 2.53. The van der Waals surface area contributed by atoms with Crippen LogP contribution < -0.4 is 0 Å². The van der Waals surface area contributed by atoms with Gasteiger partial charge in [-0.2, -0.15) is 0 Å². The lowest BCUT2D eigenvalue weighted by atomic mass is 10.0. The Balaban J connectivity index is 2.43. The molecule has 1 N–H and O–H groups in total. The van der Waals surface area contributed by atoms with Crippen LogP contribution in [0.25, 0.3) is 0 Å². The molecule has 1 aliphatic carbocycles. The van der Waals surface area contributed by atoms with Gasteiger partial charge in [0, 0.05) is 4.88 Å². The first kappa shape index (κ1) is 7.80. The van der Waals surface area contributed by atoms with Crippen LogP contribution >= 0.6 is 11.3 Å². The first-order valence-electron chi connectivity index (χ1n) is 3.95. The predicted octanol–water partition coefficient (Wildman–Crippen LogP) is 2.17. The zero-order valence-electron chi connectivity index (χ0n) is 6.83. The molecule has 1 fully saturated rings. The van der Waals surface area contributed by atoms with Gasteiger partial charge in [0.25, 0.3) is 0 Å². The standard InChI is InChI=1S/C9H10O2S/c1-6-2-5-12-7(6)9(3-4-9)8(10)11/h2,5H,3-4H2,1H3,(H,10,11). The molecule has 1 aromatic rings. The number of aliphatic carboxylic acids is 1. The number of rotatable bonds is 2. The molecule has 0 aliphatic heterocycles. The van der Waals surface area contributed by atoms with E-state index in [1.54, 1.807) is 11.3 Å². The van der Waals surface area contributed by atoms with E-state index in [0.717, 1.165) is 23.3 Å². The highest BCUT2D eigenvalue weighted by atomic mass is 32.1. The van der Waals surface area contributed by atoms with Gasteiger partial charge in [-0.1, -0.05) is 0 Å². The topological polar surface area (TPSA) is 37.3 Å². The van der Waals surface area contributed by atoms with Crippen molar-refractivity contribution in [1.82, 2.24) is 0 Å². The molecule has 1 saturated carbocycles. The fourth-order valence-corrected chi connectivity index (χ4v) is 2.71. The molecule has 0 aromatic carbocycles. The van der Waals surface area contributed by atoms with Crippen molar-refractivity contribution >= 4 is 17.3 Å². The third-order valence-corrected chi connectivity index (χ3v) is 3.68. The Morgan fingerprint density at radius 1 is 1.67 bits per heavy atom. The van der Waals surface area contributed by atoms with Crippen LogP contribution in [-0.4, -0.2) is 11.1 Å². The lowest BCUT2D eigenvalue weighted by Crippen LogP contribution is -2.18. The van der Waals surface area contributed by atoms with E-state index in [0.29, 0.717) is 0 Å². The van der Waals surface area contributed by atoms with Gasteiger partial charge in [0.1, 0.15) is 5.41 Å². The first-order chi connectivity index (χ1) is 5.67. The zero-order chi connectivity index (χ0) is 8.77.